The highest BCUT2D eigenvalue weighted by molar-refractivity contribution is 5.99. The molecule has 2 aromatic carbocycles. The van der Waals surface area contributed by atoms with E-state index in [1.54, 1.807) is 43.0 Å². The number of amides is 2. The number of benzene rings is 2. The summed E-state index contributed by atoms with van der Waals surface area (Å²) in [7, 11) is 0. The summed E-state index contributed by atoms with van der Waals surface area (Å²) in [5.41, 5.74) is -0.131. The monoisotopic (exact) mass is 516 g/mol. The van der Waals surface area contributed by atoms with Crippen LogP contribution in [0.1, 0.15) is 42.7 Å². The van der Waals surface area contributed by atoms with Crippen molar-refractivity contribution in [1.82, 2.24) is 20.2 Å². The zero-order valence-electron chi connectivity index (χ0n) is 20.3. The van der Waals surface area contributed by atoms with Gasteiger partial charge < -0.3 is 20.1 Å². The van der Waals surface area contributed by atoms with Crippen LogP contribution in [0.15, 0.2) is 48.5 Å². The van der Waals surface area contributed by atoms with Gasteiger partial charge in [0, 0.05) is 25.9 Å². The van der Waals surface area contributed by atoms with Gasteiger partial charge >= 0.3 is 6.18 Å². The van der Waals surface area contributed by atoms with Crippen LogP contribution in [0.4, 0.5) is 13.2 Å². The Balaban J connectivity index is 1.37. The molecular weight excluding hydrogens is 489 g/mol. The lowest BCUT2D eigenvalue weighted by Crippen LogP contribution is -2.53. The van der Waals surface area contributed by atoms with Crippen LogP contribution in [0, 0.1) is 5.92 Å². The molecule has 1 aliphatic heterocycles. The molecule has 2 N–H and O–H groups in total. The summed E-state index contributed by atoms with van der Waals surface area (Å²) in [6.45, 7) is 4.33. The first kappa shape index (κ1) is 26.2. The minimum Gasteiger partial charge on any atom is -0.492 e. The molecule has 2 heterocycles. The van der Waals surface area contributed by atoms with Gasteiger partial charge in [0.25, 0.3) is 5.91 Å². The van der Waals surface area contributed by atoms with Gasteiger partial charge in [0.1, 0.15) is 17.9 Å². The van der Waals surface area contributed by atoms with E-state index in [4.69, 9.17) is 4.74 Å². The molecule has 0 bridgehead atoms. The second-order valence-corrected chi connectivity index (χ2v) is 9.24. The van der Waals surface area contributed by atoms with Crippen LogP contribution in [0.2, 0.25) is 0 Å². The van der Waals surface area contributed by atoms with Crippen molar-refractivity contribution < 1.29 is 32.6 Å². The zero-order chi connectivity index (χ0) is 26.7. The van der Waals surface area contributed by atoms with Gasteiger partial charge in [0.2, 0.25) is 11.8 Å². The van der Waals surface area contributed by atoms with Gasteiger partial charge in [-0.2, -0.15) is 13.2 Å². The molecule has 37 heavy (non-hydrogen) atoms. The molecule has 0 saturated carbocycles. The molecule has 1 saturated heterocycles. The summed E-state index contributed by atoms with van der Waals surface area (Å²) in [6.07, 6.45) is -3.69. The SMILES string of the molecule is CC(C)[C@H](NC(=O)c1nc2ccccc2nc1O)C(=O)N1CCC(Oc2ccc(C(F)(F)F)cc2)CC1. The van der Waals surface area contributed by atoms with Crippen LogP contribution >= 0.6 is 0 Å². The molecule has 4 rings (SSSR count). The number of nitrogens with one attached hydrogen (secondary N) is 1. The van der Waals surface area contributed by atoms with E-state index in [1.807, 2.05) is 0 Å². The molecule has 11 heteroatoms. The number of piperidine rings is 1. The van der Waals surface area contributed by atoms with Crippen molar-refractivity contribution in [2.45, 2.75) is 45.0 Å². The van der Waals surface area contributed by atoms with E-state index in [-0.39, 0.29) is 23.6 Å². The van der Waals surface area contributed by atoms with E-state index in [9.17, 15) is 27.9 Å². The van der Waals surface area contributed by atoms with Crippen LogP contribution in [0.3, 0.4) is 0 Å². The molecule has 0 spiro atoms. The maximum Gasteiger partial charge on any atom is 0.416 e. The van der Waals surface area contributed by atoms with Crippen molar-refractivity contribution in [3.05, 3.63) is 59.8 Å². The highest BCUT2D eigenvalue weighted by atomic mass is 19.4. The Morgan fingerprint density at radius 1 is 1.03 bits per heavy atom. The van der Waals surface area contributed by atoms with Gasteiger partial charge in [0.05, 0.1) is 16.6 Å². The molecule has 0 aliphatic carbocycles. The normalized spacial score (nSPS) is 15.6. The molecule has 1 fully saturated rings. The highest BCUT2D eigenvalue weighted by Crippen LogP contribution is 2.31. The number of aromatic hydroxyl groups is 1. The number of hydrogen-bond acceptors (Lipinski definition) is 6. The maximum atomic E-state index is 13.3. The van der Waals surface area contributed by atoms with Gasteiger partial charge in [-0.25, -0.2) is 9.97 Å². The first-order chi connectivity index (χ1) is 17.5. The molecule has 1 aromatic heterocycles. The summed E-state index contributed by atoms with van der Waals surface area (Å²) < 4.78 is 44.1. The van der Waals surface area contributed by atoms with Crippen molar-refractivity contribution in [1.29, 1.82) is 0 Å². The molecule has 1 atom stereocenters. The van der Waals surface area contributed by atoms with Crippen molar-refractivity contribution in [2.24, 2.45) is 5.92 Å². The van der Waals surface area contributed by atoms with E-state index in [0.29, 0.717) is 42.7 Å². The van der Waals surface area contributed by atoms with Crippen LogP contribution in [0.25, 0.3) is 11.0 Å². The maximum absolute atomic E-state index is 13.3. The Kier molecular flexibility index (Phi) is 7.51. The first-order valence-corrected chi connectivity index (χ1v) is 11.9. The number of hydrogen-bond donors (Lipinski definition) is 2. The molecule has 0 radical (unpaired) electrons. The van der Waals surface area contributed by atoms with E-state index < -0.39 is 29.6 Å². The molecule has 0 unspecified atom stereocenters. The number of nitrogens with zero attached hydrogens (tertiary/aromatic N) is 3. The third-order valence-electron chi connectivity index (χ3n) is 6.22. The number of fused-ring (bicyclic) bond motifs is 1. The van der Waals surface area contributed by atoms with E-state index >= 15 is 0 Å². The Morgan fingerprint density at radius 3 is 2.19 bits per heavy atom. The number of alkyl halides is 3. The first-order valence-electron chi connectivity index (χ1n) is 11.9. The lowest BCUT2D eigenvalue weighted by atomic mass is 10.00. The zero-order valence-corrected chi connectivity index (χ0v) is 20.3. The molecule has 2 amide bonds. The van der Waals surface area contributed by atoms with E-state index in [2.05, 4.69) is 15.3 Å². The summed E-state index contributed by atoms with van der Waals surface area (Å²) in [4.78, 5) is 36.0. The second-order valence-electron chi connectivity index (χ2n) is 9.24. The average molecular weight is 517 g/mol. The molecule has 196 valence electrons. The Bertz CT molecular complexity index is 1270. The van der Waals surface area contributed by atoms with E-state index in [1.165, 1.54) is 12.1 Å². The largest absolute Gasteiger partial charge is 0.492 e. The summed E-state index contributed by atoms with van der Waals surface area (Å²) in [6, 6.07) is 10.5. The lowest BCUT2D eigenvalue weighted by Gasteiger charge is -2.35. The predicted octanol–water partition coefficient (Wildman–Crippen LogP) is 4.18. The number of rotatable bonds is 6. The summed E-state index contributed by atoms with van der Waals surface area (Å²) in [5, 5.41) is 12.9. The van der Waals surface area contributed by atoms with Gasteiger partial charge in [-0.05, 0) is 42.3 Å². The Labute approximate surface area is 211 Å². The summed E-state index contributed by atoms with van der Waals surface area (Å²) >= 11 is 0. The van der Waals surface area contributed by atoms with Crippen LogP contribution in [-0.4, -0.2) is 57.0 Å². The number of halogens is 3. The number of carbonyl (C=O) groups excluding carboxylic acids is 2. The smallest absolute Gasteiger partial charge is 0.416 e. The average Bonchev–Trinajstić information content (AvgIpc) is 2.86. The fourth-order valence-electron chi connectivity index (χ4n) is 4.17. The van der Waals surface area contributed by atoms with Crippen molar-refractivity contribution in [2.75, 3.05) is 13.1 Å². The molecule has 3 aromatic rings. The Morgan fingerprint density at radius 2 is 1.62 bits per heavy atom. The van der Waals surface area contributed by atoms with Gasteiger partial charge in [-0.15, -0.1) is 0 Å². The standard InChI is InChI=1S/C26H27F3N4O4/c1-15(2)21(32-24(35)22-23(34)31-20-6-4-3-5-19(20)30-22)25(36)33-13-11-18(12-14-33)37-17-9-7-16(8-10-17)26(27,28)29/h3-10,15,18,21H,11-14H2,1-2H3,(H,31,34)(H,32,35)/t21-/m0/s1. The third kappa shape index (κ3) is 6.10. The van der Waals surface area contributed by atoms with Gasteiger partial charge in [0.15, 0.2) is 5.69 Å². The fraction of sp³-hybridized carbons (Fsp3) is 0.385. The van der Waals surface area contributed by atoms with Crippen molar-refractivity contribution in [3.63, 3.8) is 0 Å². The topological polar surface area (TPSA) is 105 Å². The molecular formula is C26H27F3N4O4. The van der Waals surface area contributed by atoms with E-state index in [0.717, 1.165) is 12.1 Å². The minimum absolute atomic E-state index is 0.242. The third-order valence-corrected chi connectivity index (χ3v) is 6.22. The Hall–Kier alpha value is -3.89. The predicted molar refractivity (Wildman–Crippen MR) is 129 cm³/mol. The number of carbonyl (C=O) groups is 2. The van der Waals surface area contributed by atoms with Crippen molar-refractivity contribution in [3.8, 4) is 11.6 Å². The number of ether oxygens (including phenoxy) is 1. The highest BCUT2D eigenvalue weighted by Gasteiger charge is 2.33. The molecule has 8 nitrogen and oxygen atoms in total. The van der Waals surface area contributed by atoms with Gasteiger partial charge in [-0.1, -0.05) is 26.0 Å². The molecule has 1 aliphatic rings. The summed E-state index contributed by atoms with van der Waals surface area (Å²) in [5.74, 6) is -1.41. The minimum atomic E-state index is -4.41. The number of aromatic nitrogens is 2. The van der Waals surface area contributed by atoms with Crippen molar-refractivity contribution >= 4 is 22.8 Å². The van der Waals surface area contributed by atoms with Crippen LogP contribution in [0.5, 0.6) is 11.6 Å². The fourth-order valence-corrected chi connectivity index (χ4v) is 4.17. The number of likely N-dealkylation sites (tertiary alicyclic amines) is 1. The van der Waals surface area contributed by atoms with Crippen LogP contribution in [-0.2, 0) is 11.0 Å². The second kappa shape index (κ2) is 10.6. The lowest BCUT2D eigenvalue weighted by molar-refractivity contribution is -0.137. The quantitative estimate of drug-likeness (QED) is 0.510. The number of para-hydroxylation sites is 2. The van der Waals surface area contributed by atoms with Gasteiger partial charge in [-0.3, -0.25) is 9.59 Å². The van der Waals surface area contributed by atoms with Crippen LogP contribution < -0.4 is 10.1 Å².